The Morgan fingerprint density at radius 1 is 1.22 bits per heavy atom. The molecule has 18 heavy (non-hydrogen) atoms. The molecule has 0 fully saturated rings. The lowest BCUT2D eigenvalue weighted by atomic mass is 10.2. The Bertz CT molecular complexity index is 560. The fourth-order valence-corrected chi connectivity index (χ4v) is 1.70. The van der Waals surface area contributed by atoms with Gasteiger partial charge in [0.05, 0.1) is 11.7 Å². The zero-order valence-corrected chi connectivity index (χ0v) is 10.4. The first-order valence-corrected chi connectivity index (χ1v) is 5.73. The minimum atomic E-state index is 0.104. The monoisotopic (exact) mass is 238 g/mol. The first-order valence-electron chi connectivity index (χ1n) is 5.73. The first kappa shape index (κ1) is 12.1. The molecule has 0 radical (unpaired) electrons. The highest BCUT2D eigenvalue weighted by Gasteiger charge is 2.14. The Hall–Kier alpha value is -2.41. The van der Waals surface area contributed by atoms with Gasteiger partial charge in [-0.05, 0) is 31.2 Å². The summed E-state index contributed by atoms with van der Waals surface area (Å²) >= 11 is 0. The summed E-state index contributed by atoms with van der Waals surface area (Å²) in [5.74, 6) is 0.771. The van der Waals surface area contributed by atoms with Gasteiger partial charge in [0, 0.05) is 13.2 Å². The van der Waals surface area contributed by atoms with Crippen molar-refractivity contribution in [1.29, 1.82) is 5.26 Å². The van der Waals surface area contributed by atoms with E-state index < -0.39 is 0 Å². The molecule has 0 saturated carbocycles. The van der Waals surface area contributed by atoms with Crippen LogP contribution in [0.4, 0.5) is 5.82 Å². The molecule has 2 aromatic heterocycles. The van der Waals surface area contributed by atoms with Crippen molar-refractivity contribution in [2.75, 3.05) is 11.9 Å². The standard InChI is InChI=1S/C14H14N4/c1-11(13-7-3-4-9-16-13)18(2)14-8-5-6-12(10-15)17-14/h3-9,11H,1-2H3. The van der Waals surface area contributed by atoms with E-state index in [0.29, 0.717) is 5.69 Å². The van der Waals surface area contributed by atoms with Crippen LogP contribution in [0, 0.1) is 11.3 Å². The highest BCUT2D eigenvalue weighted by Crippen LogP contribution is 2.21. The van der Waals surface area contributed by atoms with Crippen molar-refractivity contribution < 1.29 is 0 Å². The lowest BCUT2D eigenvalue weighted by molar-refractivity contribution is 0.704. The Morgan fingerprint density at radius 3 is 2.72 bits per heavy atom. The summed E-state index contributed by atoms with van der Waals surface area (Å²) in [5.41, 5.74) is 1.40. The highest BCUT2D eigenvalue weighted by atomic mass is 15.2. The third-order valence-corrected chi connectivity index (χ3v) is 2.91. The van der Waals surface area contributed by atoms with Gasteiger partial charge in [-0.2, -0.15) is 5.26 Å². The quantitative estimate of drug-likeness (QED) is 0.824. The van der Waals surface area contributed by atoms with Gasteiger partial charge in [0.2, 0.25) is 0 Å². The summed E-state index contributed by atoms with van der Waals surface area (Å²) in [7, 11) is 1.95. The summed E-state index contributed by atoms with van der Waals surface area (Å²) in [6.07, 6.45) is 1.78. The molecule has 1 unspecified atom stereocenters. The summed E-state index contributed by atoms with van der Waals surface area (Å²) in [5, 5.41) is 8.86. The van der Waals surface area contributed by atoms with Crippen molar-refractivity contribution >= 4 is 5.82 Å². The van der Waals surface area contributed by atoms with E-state index in [2.05, 4.69) is 16.9 Å². The molecule has 0 aliphatic rings. The Morgan fingerprint density at radius 2 is 2.06 bits per heavy atom. The van der Waals surface area contributed by atoms with Crippen LogP contribution in [-0.2, 0) is 0 Å². The van der Waals surface area contributed by atoms with E-state index in [1.165, 1.54) is 0 Å². The van der Waals surface area contributed by atoms with Gasteiger partial charge < -0.3 is 4.90 Å². The SMILES string of the molecule is CC(c1ccccn1)N(C)c1cccc(C#N)n1. The molecule has 4 nitrogen and oxygen atoms in total. The number of pyridine rings is 2. The first-order chi connectivity index (χ1) is 8.72. The smallest absolute Gasteiger partial charge is 0.142 e. The Kier molecular flexibility index (Phi) is 3.54. The summed E-state index contributed by atoms with van der Waals surface area (Å²) in [6, 6.07) is 13.4. The molecular weight excluding hydrogens is 224 g/mol. The van der Waals surface area contributed by atoms with Gasteiger partial charge in [-0.25, -0.2) is 4.98 Å². The second-order valence-electron chi connectivity index (χ2n) is 4.03. The van der Waals surface area contributed by atoms with Gasteiger partial charge in [0.25, 0.3) is 0 Å². The number of aromatic nitrogens is 2. The number of rotatable bonds is 3. The van der Waals surface area contributed by atoms with E-state index in [1.54, 1.807) is 12.3 Å². The van der Waals surface area contributed by atoms with Crippen molar-refractivity contribution in [1.82, 2.24) is 9.97 Å². The maximum absolute atomic E-state index is 8.86. The average Bonchev–Trinajstić information content (AvgIpc) is 2.46. The van der Waals surface area contributed by atoms with E-state index in [-0.39, 0.29) is 6.04 Å². The molecule has 0 amide bonds. The molecule has 4 heteroatoms. The summed E-state index contributed by atoms with van der Waals surface area (Å²) < 4.78 is 0. The second kappa shape index (κ2) is 5.28. The van der Waals surface area contributed by atoms with Crippen LogP contribution in [0.25, 0.3) is 0 Å². The van der Waals surface area contributed by atoms with Crippen LogP contribution in [0.15, 0.2) is 42.6 Å². The number of anilines is 1. The molecule has 0 N–H and O–H groups in total. The van der Waals surface area contributed by atoms with Crippen LogP contribution < -0.4 is 4.90 Å². The molecular formula is C14H14N4. The minimum absolute atomic E-state index is 0.104. The lowest BCUT2D eigenvalue weighted by Gasteiger charge is -2.25. The predicted molar refractivity (Wildman–Crippen MR) is 70.0 cm³/mol. The molecule has 0 aliphatic heterocycles. The van der Waals surface area contributed by atoms with Crippen LogP contribution in [0.3, 0.4) is 0 Å². The predicted octanol–water partition coefficient (Wildman–Crippen LogP) is 2.55. The van der Waals surface area contributed by atoms with E-state index >= 15 is 0 Å². The van der Waals surface area contributed by atoms with Crippen molar-refractivity contribution in [3.05, 3.63) is 54.0 Å². The van der Waals surface area contributed by atoms with Gasteiger partial charge in [-0.3, -0.25) is 4.98 Å². The third-order valence-electron chi connectivity index (χ3n) is 2.91. The van der Waals surface area contributed by atoms with Crippen LogP contribution in [-0.4, -0.2) is 17.0 Å². The zero-order chi connectivity index (χ0) is 13.0. The maximum atomic E-state index is 8.86. The van der Waals surface area contributed by atoms with Gasteiger partial charge >= 0.3 is 0 Å². The van der Waals surface area contributed by atoms with E-state index in [0.717, 1.165) is 11.5 Å². The normalized spacial score (nSPS) is 11.6. The molecule has 0 bridgehead atoms. The number of nitrogens with zero attached hydrogens (tertiary/aromatic N) is 4. The van der Waals surface area contributed by atoms with Crippen molar-refractivity contribution in [2.45, 2.75) is 13.0 Å². The fraction of sp³-hybridized carbons (Fsp3) is 0.214. The van der Waals surface area contributed by atoms with E-state index in [9.17, 15) is 0 Å². The van der Waals surface area contributed by atoms with Crippen molar-refractivity contribution in [3.63, 3.8) is 0 Å². The van der Waals surface area contributed by atoms with Crippen LogP contribution >= 0.6 is 0 Å². The highest BCUT2D eigenvalue weighted by molar-refractivity contribution is 5.42. The number of nitriles is 1. The van der Waals surface area contributed by atoms with Gasteiger partial charge in [-0.15, -0.1) is 0 Å². The van der Waals surface area contributed by atoms with Gasteiger partial charge in [-0.1, -0.05) is 12.1 Å². The minimum Gasteiger partial charge on any atom is -0.351 e. The molecule has 90 valence electrons. The Labute approximate surface area is 107 Å². The largest absolute Gasteiger partial charge is 0.351 e. The average molecular weight is 238 g/mol. The lowest BCUT2D eigenvalue weighted by Crippen LogP contribution is -2.23. The Balaban J connectivity index is 2.26. The van der Waals surface area contributed by atoms with Gasteiger partial charge in [0.15, 0.2) is 0 Å². The molecule has 2 aromatic rings. The fourth-order valence-electron chi connectivity index (χ4n) is 1.70. The molecule has 0 aromatic carbocycles. The van der Waals surface area contributed by atoms with Crippen molar-refractivity contribution in [2.24, 2.45) is 0 Å². The maximum Gasteiger partial charge on any atom is 0.142 e. The molecule has 1 atom stereocenters. The van der Waals surface area contributed by atoms with E-state index in [1.807, 2.05) is 48.3 Å². The molecule has 0 aliphatic carbocycles. The van der Waals surface area contributed by atoms with Crippen LogP contribution in [0.2, 0.25) is 0 Å². The molecule has 0 saturated heterocycles. The van der Waals surface area contributed by atoms with Crippen LogP contribution in [0.5, 0.6) is 0 Å². The van der Waals surface area contributed by atoms with E-state index in [4.69, 9.17) is 5.26 Å². The molecule has 2 heterocycles. The van der Waals surface area contributed by atoms with Crippen molar-refractivity contribution in [3.8, 4) is 6.07 Å². The second-order valence-corrected chi connectivity index (χ2v) is 4.03. The van der Waals surface area contributed by atoms with Gasteiger partial charge in [0.1, 0.15) is 17.6 Å². The van der Waals surface area contributed by atoms with Crippen LogP contribution in [0.1, 0.15) is 24.4 Å². The topological polar surface area (TPSA) is 52.8 Å². The number of hydrogen-bond donors (Lipinski definition) is 0. The zero-order valence-electron chi connectivity index (χ0n) is 10.4. The summed E-state index contributed by atoms with van der Waals surface area (Å²) in [6.45, 7) is 2.06. The molecule has 2 rings (SSSR count). The summed E-state index contributed by atoms with van der Waals surface area (Å²) in [4.78, 5) is 10.6. The third kappa shape index (κ3) is 2.46. The molecule has 0 spiro atoms. The number of hydrogen-bond acceptors (Lipinski definition) is 4.